The third-order valence-electron chi connectivity index (χ3n) is 4.36. The predicted molar refractivity (Wildman–Crippen MR) is 129 cm³/mol. The zero-order chi connectivity index (χ0) is 22.8. The summed E-state index contributed by atoms with van der Waals surface area (Å²) in [6, 6.07) is 12.1. The minimum Gasteiger partial charge on any atom is -0.486 e. The maximum atomic E-state index is 12.0. The van der Waals surface area contributed by atoms with Gasteiger partial charge < -0.3 is 10.5 Å². The molecule has 6 nitrogen and oxygen atoms in total. The van der Waals surface area contributed by atoms with Crippen molar-refractivity contribution in [2.24, 2.45) is 4.36 Å². The molecule has 2 aromatic carbocycles. The summed E-state index contributed by atoms with van der Waals surface area (Å²) < 4.78 is 22.2. The third kappa shape index (κ3) is 5.76. The van der Waals surface area contributed by atoms with Crippen LogP contribution in [0.4, 0.5) is 11.4 Å². The number of rotatable bonds is 6. The Labute approximate surface area is 192 Å². The first-order chi connectivity index (χ1) is 14.5. The van der Waals surface area contributed by atoms with E-state index in [2.05, 4.69) is 9.35 Å². The van der Waals surface area contributed by atoms with E-state index < -0.39 is 15.8 Å². The highest BCUT2D eigenvalue weighted by Gasteiger charge is 2.17. The van der Waals surface area contributed by atoms with Crippen molar-refractivity contribution < 1.29 is 8.95 Å². The monoisotopic (exact) mass is 476 g/mol. The lowest BCUT2D eigenvalue weighted by molar-refractivity contribution is 0.227. The molecule has 1 atom stereocenters. The summed E-state index contributed by atoms with van der Waals surface area (Å²) in [5.74, 6) is 0.511. The number of pyridine rings is 1. The predicted octanol–water partition coefficient (Wildman–Crippen LogP) is 5.89. The van der Waals surface area contributed by atoms with Gasteiger partial charge in [0.05, 0.1) is 21.4 Å². The van der Waals surface area contributed by atoms with Gasteiger partial charge in [0.15, 0.2) is 0 Å². The summed E-state index contributed by atoms with van der Waals surface area (Å²) in [7, 11) is -2.31. The van der Waals surface area contributed by atoms with E-state index in [-0.39, 0.29) is 5.71 Å². The number of nitrogens with two attached hydrogens (primary N) is 1. The molecule has 0 saturated carbocycles. The van der Waals surface area contributed by atoms with Crippen molar-refractivity contribution in [3.63, 3.8) is 0 Å². The summed E-state index contributed by atoms with van der Waals surface area (Å²) in [5.41, 5.74) is 9.04. The second-order valence-corrected chi connectivity index (χ2v) is 10.6. The number of hydrogen-bond donors (Lipinski definition) is 2. The average molecular weight is 477 g/mol. The molecule has 31 heavy (non-hydrogen) atoms. The van der Waals surface area contributed by atoms with Gasteiger partial charge in [-0.05, 0) is 37.3 Å². The molecule has 1 heterocycles. The number of ether oxygens (including phenoxy) is 1. The number of aromatic nitrogens is 1. The molecule has 1 unspecified atom stereocenters. The van der Waals surface area contributed by atoms with Crippen molar-refractivity contribution in [1.82, 2.24) is 4.98 Å². The Morgan fingerprint density at radius 2 is 1.84 bits per heavy atom. The van der Waals surface area contributed by atoms with E-state index in [4.69, 9.17) is 39.1 Å². The Morgan fingerprint density at radius 3 is 2.48 bits per heavy atom. The van der Waals surface area contributed by atoms with Gasteiger partial charge in [-0.15, -0.1) is 0 Å². The van der Waals surface area contributed by atoms with Gasteiger partial charge in [0.25, 0.3) is 0 Å². The van der Waals surface area contributed by atoms with Crippen molar-refractivity contribution in [3.8, 4) is 5.75 Å². The van der Waals surface area contributed by atoms with Crippen LogP contribution in [-0.2, 0) is 9.73 Å². The van der Waals surface area contributed by atoms with Crippen LogP contribution in [0.5, 0.6) is 5.75 Å². The van der Waals surface area contributed by atoms with Crippen LogP contribution in [-0.4, -0.2) is 27.4 Å². The fourth-order valence-corrected chi connectivity index (χ4v) is 4.32. The number of halogens is 2. The van der Waals surface area contributed by atoms with E-state index in [1.807, 2.05) is 6.92 Å². The fraction of sp³-hybridized carbons (Fsp3) is 0.182. The van der Waals surface area contributed by atoms with Crippen molar-refractivity contribution in [3.05, 3.63) is 81.6 Å². The maximum Gasteiger partial charge on any atom is 0.124 e. The Kier molecular flexibility index (Phi) is 6.89. The molecule has 1 aromatic heterocycles. The van der Waals surface area contributed by atoms with Crippen molar-refractivity contribution in [2.75, 3.05) is 18.2 Å². The third-order valence-corrected chi connectivity index (χ3v) is 5.62. The number of nitrogens with zero attached hydrogens (tertiary/aromatic N) is 2. The van der Waals surface area contributed by atoms with Gasteiger partial charge in [0.1, 0.15) is 11.9 Å². The number of benzene rings is 2. The largest absolute Gasteiger partial charge is 0.486 e. The zero-order valence-corrected chi connectivity index (χ0v) is 19.6. The molecule has 0 aliphatic rings. The molecular formula is C22H22Cl2N4O2S. The maximum absolute atomic E-state index is 12.0. The minimum absolute atomic E-state index is 0.200. The van der Waals surface area contributed by atoms with Crippen LogP contribution in [0.15, 0.2) is 59.2 Å². The van der Waals surface area contributed by atoms with Crippen LogP contribution < -0.4 is 10.5 Å². The molecule has 3 rings (SSSR count). The number of anilines is 1. The van der Waals surface area contributed by atoms with Gasteiger partial charge >= 0.3 is 0 Å². The lowest BCUT2D eigenvalue weighted by atomic mass is 10.00. The number of nitrogens with one attached hydrogen (secondary N) is 1. The van der Waals surface area contributed by atoms with Gasteiger partial charge in [-0.25, -0.2) is 4.21 Å². The fourth-order valence-electron chi connectivity index (χ4n) is 3.03. The topological polar surface area (TPSA) is 101 Å². The summed E-state index contributed by atoms with van der Waals surface area (Å²) in [6.45, 7) is 1.83. The molecule has 0 aliphatic carbocycles. The number of nitrogen functional groups attached to an aromatic ring is 1. The summed E-state index contributed by atoms with van der Waals surface area (Å²) in [4.78, 5) is 3.96. The van der Waals surface area contributed by atoms with Crippen LogP contribution in [0.3, 0.4) is 0 Å². The van der Waals surface area contributed by atoms with Crippen molar-refractivity contribution in [2.45, 2.75) is 13.0 Å². The molecule has 0 spiro atoms. The Hall–Kier alpha value is -2.61. The quantitative estimate of drug-likeness (QED) is 0.342. The molecule has 162 valence electrons. The highest BCUT2D eigenvalue weighted by molar-refractivity contribution is 7.92. The van der Waals surface area contributed by atoms with E-state index >= 15 is 0 Å². The van der Waals surface area contributed by atoms with Gasteiger partial charge in [0, 0.05) is 57.0 Å². The molecular weight excluding hydrogens is 455 g/mol. The van der Waals surface area contributed by atoms with Crippen LogP contribution in [0.2, 0.25) is 10.0 Å². The molecule has 3 N–H and O–H groups in total. The summed E-state index contributed by atoms with van der Waals surface area (Å²) in [6.07, 6.45) is 5.70. The second kappa shape index (κ2) is 9.26. The van der Waals surface area contributed by atoms with Crippen LogP contribution >= 0.6 is 23.2 Å². The molecule has 0 saturated heterocycles. The van der Waals surface area contributed by atoms with Gasteiger partial charge in [-0.1, -0.05) is 35.3 Å². The van der Waals surface area contributed by atoms with Crippen LogP contribution in [0.25, 0.3) is 0 Å². The first-order valence-electron chi connectivity index (χ1n) is 9.26. The van der Waals surface area contributed by atoms with Gasteiger partial charge in [-0.2, -0.15) is 4.36 Å². The van der Waals surface area contributed by atoms with Crippen molar-refractivity contribution >= 4 is 50.0 Å². The van der Waals surface area contributed by atoms with Gasteiger partial charge in [-0.3, -0.25) is 10.4 Å². The Morgan fingerprint density at radius 1 is 1.16 bits per heavy atom. The summed E-state index contributed by atoms with van der Waals surface area (Å²) >= 11 is 12.5. The van der Waals surface area contributed by atoms with E-state index in [0.717, 1.165) is 0 Å². The molecule has 3 aromatic rings. The molecule has 0 aliphatic heterocycles. The lowest BCUT2D eigenvalue weighted by Gasteiger charge is -2.18. The van der Waals surface area contributed by atoms with Gasteiger partial charge in [0.2, 0.25) is 0 Å². The lowest BCUT2D eigenvalue weighted by Crippen LogP contribution is -2.08. The van der Waals surface area contributed by atoms with E-state index in [1.54, 1.807) is 55.0 Å². The molecule has 0 fully saturated rings. The smallest absolute Gasteiger partial charge is 0.124 e. The van der Waals surface area contributed by atoms with Crippen LogP contribution in [0, 0.1) is 5.41 Å². The molecule has 9 heteroatoms. The first kappa shape index (κ1) is 23.1. The molecule has 0 amide bonds. The molecule has 0 radical (unpaired) electrons. The normalized spacial score (nSPS) is 12.3. The highest BCUT2D eigenvalue weighted by atomic mass is 35.5. The van der Waals surface area contributed by atoms with Crippen molar-refractivity contribution in [1.29, 1.82) is 5.41 Å². The Balaban J connectivity index is 1.92. The second-order valence-electron chi connectivity index (χ2n) is 7.22. The van der Waals surface area contributed by atoms with E-state index in [1.165, 1.54) is 12.4 Å². The highest BCUT2D eigenvalue weighted by Crippen LogP contribution is 2.33. The summed E-state index contributed by atoms with van der Waals surface area (Å²) in [5, 5.41) is 9.47. The number of hydrogen-bond acceptors (Lipinski definition) is 6. The minimum atomic E-state index is -2.31. The average Bonchev–Trinajstić information content (AvgIpc) is 2.67. The van der Waals surface area contributed by atoms with Crippen LogP contribution in [0.1, 0.15) is 29.7 Å². The Bertz CT molecular complexity index is 1240. The SMILES string of the molecule is CC(Oc1ccc(N)c(C(=N)c2cccc(N=S(C)(C)=O)c2)c1)c1c(Cl)cncc1Cl. The standard InChI is InChI=1S/C22H22Cl2N4O2S/c1-13(21-18(23)11-27-12-19(21)24)30-16-7-8-20(25)17(10-16)22(26)14-5-4-6-15(9-14)28-31(2,3)29/h4-13,26H,25H2,1-3H3. The molecule has 0 bridgehead atoms. The van der Waals surface area contributed by atoms with E-state index in [9.17, 15) is 4.21 Å². The zero-order valence-electron chi connectivity index (χ0n) is 17.2. The first-order valence-corrected chi connectivity index (χ1v) is 12.4. The van der Waals surface area contributed by atoms with E-state index in [0.29, 0.717) is 43.9 Å².